The smallest absolute Gasteiger partial charge is 0.335 e. The Labute approximate surface area is 152 Å². The summed E-state index contributed by atoms with van der Waals surface area (Å²) in [5, 5.41) is 8.95. The SMILES string of the molecule is O=C(O)c1ccc(CCCc2ccccc2Sc2ccccc2)cc1. The summed E-state index contributed by atoms with van der Waals surface area (Å²) in [6.07, 6.45) is 3.00. The van der Waals surface area contributed by atoms with Crippen LogP contribution >= 0.6 is 11.8 Å². The van der Waals surface area contributed by atoms with E-state index in [9.17, 15) is 4.79 Å². The van der Waals surface area contributed by atoms with Crippen LogP contribution in [-0.2, 0) is 12.8 Å². The number of hydrogen-bond acceptors (Lipinski definition) is 2. The molecule has 0 saturated carbocycles. The van der Waals surface area contributed by atoms with Gasteiger partial charge in [-0.3, -0.25) is 0 Å². The molecular formula is C22H20O2S. The minimum Gasteiger partial charge on any atom is -0.478 e. The fourth-order valence-corrected chi connectivity index (χ4v) is 3.72. The van der Waals surface area contributed by atoms with Crippen LogP contribution in [0.15, 0.2) is 88.7 Å². The molecule has 3 heteroatoms. The highest BCUT2D eigenvalue weighted by molar-refractivity contribution is 7.99. The standard InChI is InChI=1S/C22H20O2S/c23-22(24)19-15-13-17(14-16-19)7-6-9-18-8-4-5-12-21(18)25-20-10-2-1-3-11-20/h1-5,8,10-16H,6-7,9H2,(H,23,24). The van der Waals surface area contributed by atoms with Crippen LogP contribution in [0.5, 0.6) is 0 Å². The number of aryl methyl sites for hydroxylation is 2. The van der Waals surface area contributed by atoms with E-state index in [2.05, 4.69) is 48.5 Å². The molecule has 0 fully saturated rings. The second-order valence-corrected chi connectivity index (χ2v) is 6.99. The fraction of sp³-hybridized carbons (Fsp3) is 0.136. The van der Waals surface area contributed by atoms with Crippen LogP contribution in [0.1, 0.15) is 27.9 Å². The van der Waals surface area contributed by atoms with Gasteiger partial charge in [-0.15, -0.1) is 0 Å². The van der Waals surface area contributed by atoms with Crippen LogP contribution in [0, 0.1) is 0 Å². The Bertz CT molecular complexity index is 826. The quantitative estimate of drug-likeness (QED) is 0.594. The fourth-order valence-electron chi connectivity index (χ4n) is 2.72. The molecular weight excluding hydrogens is 328 g/mol. The van der Waals surface area contributed by atoms with Gasteiger partial charge in [0.25, 0.3) is 0 Å². The van der Waals surface area contributed by atoms with Crippen molar-refractivity contribution in [2.45, 2.75) is 29.1 Å². The normalized spacial score (nSPS) is 10.6. The molecule has 126 valence electrons. The molecule has 3 aromatic rings. The topological polar surface area (TPSA) is 37.3 Å². The molecule has 25 heavy (non-hydrogen) atoms. The van der Waals surface area contributed by atoms with E-state index in [4.69, 9.17) is 5.11 Å². The van der Waals surface area contributed by atoms with E-state index in [1.807, 2.05) is 18.2 Å². The predicted molar refractivity (Wildman–Crippen MR) is 102 cm³/mol. The van der Waals surface area contributed by atoms with Gasteiger partial charge in [-0.1, -0.05) is 60.3 Å². The Morgan fingerprint density at radius 2 is 1.48 bits per heavy atom. The van der Waals surface area contributed by atoms with Crippen molar-refractivity contribution < 1.29 is 9.90 Å². The van der Waals surface area contributed by atoms with Gasteiger partial charge in [0.05, 0.1) is 5.56 Å². The average molecular weight is 348 g/mol. The lowest BCUT2D eigenvalue weighted by molar-refractivity contribution is 0.0697. The number of carboxylic acid groups (broad SMARTS) is 1. The van der Waals surface area contributed by atoms with Crippen molar-refractivity contribution in [3.05, 3.63) is 95.6 Å². The van der Waals surface area contributed by atoms with Gasteiger partial charge in [0, 0.05) is 9.79 Å². The summed E-state index contributed by atoms with van der Waals surface area (Å²) in [6, 6.07) is 26.1. The lowest BCUT2D eigenvalue weighted by Gasteiger charge is -2.09. The molecule has 0 bridgehead atoms. The number of rotatable bonds is 7. The highest BCUT2D eigenvalue weighted by atomic mass is 32.2. The Morgan fingerprint density at radius 1 is 0.800 bits per heavy atom. The first-order valence-electron chi connectivity index (χ1n) is 8.35. The van der Waals surface area contributed by atoms with Crippen LogP contribution in [0.25, 0.3) is 0 Å². The van der Waals surface area contributed by atoms with E-state index < -0.39 is 5.97 Å². The highest BCUT2D eigenvalue weighted by Gasteiger charge is 2.05. The minimum absolute atomic E-state index is 0.341. The second kappa shape index (κ2) is 8.54. The predicted octanol–water partition coefficient (Wildman–Crippen LogP) is 5.71. The highest BCUT2D eigenvalue weighted by Crippen LogP contribution is 2.30. The number of aromatic carboxylic acids is 1. The first kappa shape index (κ1) is 17.3. The van der Waals surface area contributed by atoms with Gasteiger partial charge in [0.1, 0.15) is 0 Å². The van der Waals surface area contributed by atoms with E-state index in [1.165, 1.54) is 20.9 Å². The third kappa shape index (κ3) is 4.97. The van der Waals surface area contributed by atoms with Crippen LogP contribution in [0.2, 0.25) is 0 Å². The molecule has 2 nitrogen and oxygen atoms in total. The van der Waals surface area contributed by atoms with E-state index >= 15 is 0 Å². The lowest BCUT2D eigenvalue weighted by Crippen LogP contribution is -1.97. The maximum absolute atomic E-state index is 10.9. The second-order valence-electron chi connectivity index (χ2n) is 5.88. The maximum Gasteiger partial charge on any atom is 0.335 e. The third-order valence-corrected chi connectivity index (χ3v) is 5.18. The monoisotopic (exact) mass is 348 g/mol. The molecule has 3 aromatic carbocycles. The van der Waals surface area contributed by atoms with Crippen LogP contribution in [0.3, 0.4) is 0 Å². The van der Waals surface area contributed by atoms with Crippen LogP contribution < -0.4 is 0 Å². The largest absolute Gasteiger partial charge is 0.478 e. The number of carbonyl (C=O) groups is 1. The zero-order chi connectivity index (χ0) is 17.5. The number of benzene rings is 3. The number of carboxylic acids is 1. The van der Waals surface area contributed by atoms with Gasteiger partial charge in [-0.2, -0.15) is 0 Å². The van der Waals surface area contributed by atoms with Crippen molar-refractivity contribution in [3.8, 4) is 0 Å². The van der Waals surface area contributed by atoms with Crippen molar-refractivity contribution in [1.82, 2.24) is 0 Å². The zero-order valence-electron chi connectivity index (χ0n) is 13.9. The summed E-state index contributed by atoms with van der Waals surface area (Å²) in [7, 11) is 0. The van der Waals surface area contributed by atoms with E-state index in [0.29, 0.717) is 5.56 Å². The molecule has 0 amide bonds. The Hall–Kier alpha value is -2.52. The van der Waals surface area contributed by atoms with Crippen molar-refractivity contribution in [1.29, 1.82) is 0 Å². The van der Waals surface area contributed by atoms with Crippen molar-refractivity contribution in [2.75, 3.05) is 0 Å². The minimum atomic E-state index is -0.876. The molecule has 0 spiro atoms. The number of hydrogen-bond donors (Lipinski definition) is 1. The molecule has 0 aliphatic rings. The molecule has 0 heterocycles. The Kier molecular flexibility index (Phi) is 5.91. The Morgan fingerprint density at radius 3 is 2.20 bits per heavy atom. The third-order valence-electron chi connectivity index (χ3n) is 4.06. The molecule has 0 aliphatic heterocycles. The molecule has 0 unspecified atom stereocenters. The summed E-state index contributed by atoms with van der Waals surface area (Å²) >= 11 is 1.80. The zero-order valence-corrected chi connectivity index (χ0v) is 14.7. The molecule has 0 aromatic heterocycles. The van der Waals surface area contributed by atoms with Gasteiger partial charge in [0.2, 0.25) is 0 Å². The van der Waals surface area contributed by atoms with Gasteiger partial charge in [0.15, 0.2) is 0 Å². The molecule has 0 radical (unpaired) electrons. The van der Waals surface area contributed by atoms with Crippen LogP contribution in [-0.4, -0.2) is 11.1 Å². The van der Waals surface area contributed by atoms with Crippen molar-refractivity contribution in [2.24, 2.45) is 0 Å². The molecule has 3 rings (SSSR count). The molecule has 0 saturated heterocycles. The van der Waals surface area contributed by atoms with Crippen LogP contribution in [0.4, 0.5) is 0 Å². The summed E-state index contributed by atoms with van der Waals surface area (Å²) in [5.41, 5.74) is 2.88. The first-order valence-corrected chi connectivity index (χ1v) is 9.17. The van der Waals surface area contributed by atoms with E-state index in [1.54, 1.807) is 23.9 Å². The van der Waals surface area contributed by atoms with Crippen molar-refractivity contribution >= 4 is 17.7 Å². The first-order chi connectivity index (χ1) is 12.2. The summed E-state index contributed by atoms with van der Waals surface area (Å²) < 4.78 is 0. The maximum atomic E-state index is 10.9. The lowest BCUT2D eigenvalue weighted by atomic mass is 10.0. The average Bonchev–Trinajstić information content (AvgIpc) is 2.64. The summed E-state index contributed by atoms with van der Waals surface area (Å²) in [5.74, 6) is -0.876. The molecule has 1 N–H and O–H groups in total. The van der Waals surface area contributed by atoms with E-state index in [0.717, 1.165) is 19.3 Å². The van der Waals surface area contributed by atoms with Gasteiger partial charge in [-0.05, 0) is 60.7 Å². The van der Waals surface area contributed by atoms with Gasteiger partial charge in [-0.25, -0.2) is 4.79 Å². The molecule has 0 atom stereocenters. The Balaban J connectivity index is 1.60. The molecule has 0 aliphatic carbocycles. The van der Waals surface area contributed by atoms with Gasteiger partial charge < -0.3 is 5.11 Å². The van der Waals surface area contributed by atoms with E-state index in [-0.39, 0.29) is 0 Å². The van der Waals surface area contributed by atoms with Crippen molar-refractivity contribution in [3.63, 3.8) is 0 Å². The van der Waals surface area contributed by atoms with Gasteiger partial charge >= 0.3 is 5.97 Å². The summed E-state index contributed by atoms with van der Waals surface area (Å²) in [6.45, 7) is 0. The summed E-state index contributed by atoms with van der Waals surface area (Å²) in [4.78, 5) is 13.4.